The highest BCUT2D eigenvalue weighted by Crippen LogP contribution is 2.45. The Morgan fingerprint density at radius 2 is 2.07 bits per heavy atom. The number of alkyl halides is 3. The Morgan fingerprint density at radius 3 is 2.78 bits per heavy atom. The summed E-state index contributed by atoms with van der Waals surface area (Å²) in [7, 11) is 0. The van der Waals surface area contributed by atoms with E-state index in [9.17, 15) is 18.4 Å². The van der Waals surface area contributed by atoms with Gasteiger partial charge in [-0.15, -0.1) is 0 Å². The summed E-state index contributed by atoms with van der Waals surface area (Å²) < 4.78 is 40.7. The van der Waals surface area contributed by atoms with Gasteiger partial charge in [-0.1, -0.05) is 0 Å². The maximum Gasteiger partial charge on any atom is 0.391 e. The van der Waals surface area contributed by atoms with Crippen LogP contribution in [0, 0.1) is 17.2 Å². The fourth-order valence-electron chi connectivity index (χ4n) is 3.92. The van der Waals surface area contributed by atoms with Crippen LogP contribution in [0.3, 0.4) is 0 Å². The first-order chi connectivity index (χ1) is 12.9. The summed E-state index contributed by atoms with van der Waals surface area (Å²) in [5.74, 6) is -1.30. The summed E-state index contributed by atoms with van der Waals surface area (Å²) in [5, 5.41) is 14.5. The normalized spacial score (nSPS) is 23.4. The lowest BCUT2D eigenvalue weighted by molar-refractivity contribution is -0.187. The Morgan fingerprint density at radius 1 is 1.30 bits per heavy atom. The minimum atomic E-state index is -4.19. The summed E-state index contributed by atoms with van der Waals surface area (Å²) in [6.45, 7) is 0. The molecule has 0 spiro atoms. The van der Waals surface area contributed by atoms with Crippen LogP contribution in [-0.2, 0) is 5.54 Å². The first-order valence-electron chi connectivity index (χ1n) is 8.70. The van der Waals surface area contributed by atoms with Gasteiger partial charge in [-0.2, -0.15) is 23.5 Å². The Hall–Kier alpha value is -2.89. The summed E-state index contributed by atoms with van der Waals surface area (Å²) in [5.41, 5.74) is 1.44. The van der Waals surface area contributed by atoms with Gasteiger partial charge in [0.05, 0.1) is 35.8 Å². The molecule has 0 saturated heterocycles. The minimum Gasteiger partial charge on any atom is -0.346 e. The van der Waals surface area contributed by atoms with Gasteiger partial charge in [-0.25, -0.2) is 9.97 Å². The third-order valence-electron chi connectivity index (χ3n) is 5.48. The molecule has 0 atom stereocenters. The lowest BCUT2D eigenvalue weighted by Gasteiger charge is -2.39. The van der Waals surface area contributed by atoms with Gasteiger partial charge >= 0.3 is 6.18 Å². The van der Waals surface area contributed by atoms with Gasteiger partial charge in [0.2, 0.25) is 0 Å². The number of nitrogens with zero attached hydrogens (tertiary/aromatic N) is 5. The van der Waals surface area contributed by atoms with E-state index in [2.05, 4.69) is 26.1 Å². The van der Waals surface area contributed by atoms with Crippen LogP contribution in [0.15, 0.2) is 31.0 Å². The summed E-state index contributed by atoms with van der Waals surface area (Å²) >= 11 is 0. The van der Waals surface area contributed by atoms with Gasteiger partial charge in [0.1, 0.15) is 12.0 Å². The minimum absolute atomic E-state index is 0.00986. The molecule has 3 aromatic rings. The quantitative estimate of drug-likeness (QED) is 0.745. The van der Waals surface area contributed by atoms with Crippen LogP contribution in [0.2, 0.25) is 0 Å². The molecule has 0 bridgehead atoms. The molecule has 1 fully saturated rings. The summed E-state index contributed by atoms with van der Waals surface area (Å²) in [6.07, 6.45) is 3.14. The van der Waals surface area contributed by atoms with E-state index < -0.39 is 17.6 Å². The molecular weight excluding hydrogens is 357 g/mol. The molecule has 0 aliphatic heterocycles. The van der Waals surface area contributed by atoms with Crippen molar-refractivity contribution in [1.29, 1.82) is 5.26 Å². The molecule has 4 rings (SSSR count). The van der Waals surface area contributed by atoms with E-state index in [-0.39, 0.29) is 32.1 Å². The van der Waals surface area contributed by atoms with Crippen molar-refractivity contribution >= 4 is 11.0 Å². The van der Waals surface area contributed by atoms with Crippen molar-refractivity contribution in [1.82, 2.24) is 24.7 Å². The molecule has 140 valence electrons. The Bertz CT molecular complexity index is 988. The van der Waals surface area contributed by atoms with E-state index in [4.69, 9.17) is 0 Å². The second-order valence-electron chi connectivity index (χ2n) is 7.01. The molecule has 6 nitrogen and oxygen atoms in total. The number of aromatic amines is 1. The number of H-pyrrole nitrogens is 1. The van der Waals surface area contributed by atoms with Crippen molar-refractivity contribution in [2.75, 3.05) is 0 Å². The number of nitrogens with one attached hydrogen (secondary N) is 1. The average molecular weight is 374 g/mol. The number of hydrogen-bond acceptors (Lipinski definition) is 4. The lowest BCUT2D eigenvalue weighted by Crippen LogP contribution is -2.41. The Balaban J connectivity index is 1.66. The molecular formula is C18H17F3N6. The number of nitriles is 1. The maximum absolute atomic E-state index is 13.0. The monoisotopic (exact) mass is 374 g/mol. The van der Waals surface area contributed by atoms with Crippen molar-refractivity contribution in [3.63, 3.8) is 0 Å². The third-order valence-corrected chi connectivity index (χ3v) is 5.48. The fraction of sp³-hybridized carbons (Fsp3) is 0.444. The fourth-order valence-corrected chi connectivity index (χ4v) is 3.92. The first kappa shape index (κ1) is 17.5. The zero-order valence-electron chi connectivity index (χ0n) is 14.4. The van der Waals surface area contributed by atoms with Gasteiger partial charge in [0.25, 0.3) is 0 Å². The molecule has 9 heteroatoms. The largest absolute Gasteiger partial charge is 0.391 e. The van der Waals surface area contributed by atoms with Gasteiger partial charge in [0, 0.05) is 23.3 Å². The molecule has 0 amide bonds. The molecule has 1 N–H and O–H groups in total. The van der Waals surface area contributed by atoms with E-state index in [1.165, 1.54) is 6.33 Å². The average Bonchev–Trinajstić information content (AvgIpc) is 3.31. The Kier molecular flexibility index (Phi) is 4.13. The van der Waals surface area contributed by atoms with E-state index in [0.717, 1.165) is 10.9 Å². The zero-order chi connectivity index (χ0) is 19.1. The smallest absolute Gasteiger partial charge is 0.346 e. The molecule has 3 aromatic heterocycles. The van der Waals surface area contributed by atoms with Crippen LogP contribution in [0.25, 0.3) is 22.3 Å². The van der Waals surface area contributed by atoms with Crippen molar-refractivity contribution in [2.24, 2.45) is 5.92 Å². The van der Waals surface area contributed by atoms with Gasteiger partial charge < -0.3 is 4.98 Å². The van der Waals surface area contributed by atoms with Crippen molar-refractivity contribution in [3.05, 3.63) is 31.0 Å². The summed E-state index contributed by atoms with van der Waals surface area (Å²) in [4.78, 5) is 11.5. The highest BCUT2D eigenvalue weighted by atomic mass is 19.4. The number of aromatic nitrogens is 5. The van der Waals surface area contributed by atoms with Gasteiger partial charge in [-0.05, 0) is 31.7 Å². The summed E-state index contributed by atoms with van der Waals surface area (Å²) in [6, 6.07) is 3.99. The number of rotatable bonds is 3. The van der Waals surface area contributed by atoms with Crippen LogP contribution in [0.4, 0.5) is 13.2 Å². The molecule has 1 saturated carbocycles. The van der Waals surface area contributed by atoms with Crippen molar-refractivity contribution in [3.8, 4) is 17.3 Å². The number of hydrogen-bond donors (Lipinski definition) is 1. The Labute approximate surface area is 153 Å². The van der Waals surface area contributed by atoms with Gasteiger partial charge in [0.15, 0.2) is 0 Å². The SMILES string of the molecule is N#CCC1(n2cc(-c3ncnc4[nH]ccc34)cn2)CCC(C(F)(F)F)CC1. The maximum atomic E-state index is 13.0. The molecule has 27 heavy (non-hydrogen) atoms. The van der Waals surface area contributed by atoms with Crippen LogP contribution in [-0.4, -0.2) is 30.9 Å². The second-order valence-corrected chi connectivity index (χ2v) is 7.01. The number of fused-ring (bicyclic) bond motifs is 1. The second kappa shape index (κ2) is 6.37. The highest BCUT2D eigenvalue weighted by Gasteiger charge is 2.47. The van der Waals surface area contributed by atoms with E-state index in [1.807, 2.05) is 6.07 Å². The highest BCUT2D eigenvalue weighted by molar-refractivity contribution is 5.89. The lowest BCUT2D eigenvalue weighted by atomic mass is 9.74. The molecule has 0 unspecified atom stereocenters. The standard InChI is InChI=1S/C18H17F3N6/c19-18(20,21)13-1-4-17(5-2-13,6-7-22)27-10-12(9-26-27)15-14-3-8-23-16(14)25-11-24-15/h3,8-11,13H,1-2,4-6H2,(H,23,24,25). The molecule has 1 aliphatic carbocycles. The van der Waals surface area contributed by atoms with Crippen molar-refractivity contribution in [2.45, 2.75) is 43.8 Å². The van der Waals surface area contributed by atoms with Crippen LogP contribution in [0.1, 0.15) is 32.1 Å². The molecule has 1 aliphatic rings. The molecule has 0 radical (unpaired) electrons. The predicted octanol–water partition coefficient (Wildman–Crippen LogP) is 4.18. The number of halogens is 3. The van der Waals surface area contributed by atoms with E-state index >= 15 is 0 Å². The van der Waals surface area contributed by atoms with Crippen LogP contribution in [0.5, 0.6) is 0 Å². The van der Waals surface area contributed by atoms with Crippen molar-refractivity contribution < 1.29 is 13.2 Å². The van der Waals surface area contributed by atoms with E-state index in [0.29, 0.717) is 11.3 Å². The van der Waals surface area contributed by atoms with Gasteiger partial charge in [-0.3, -0.25) is 4.68 Å². The molecule has 3 heterocycles. The molecule has 0 aromatic carbocycles. The third kappa shape index (κ3) is 3.05. The predicted molar refractivity (Wildman–Crippen MR) is 91.3 cm³/mol. The zero-order valence-corrected chi connectivity index (χ0v) is 14.4. The van der Waals surface area contributed by atoms with Crippen LogP contribution >= 0.6 is 0 Å². The topological polar surface area (TPSA) is 83.2 Å². The van der Waals surface area contributed by atoms with E-state index in [1.54, 1.807) is 23.3 Å². The van der Waals surface area contributed by atoms with Crippen LogP contribution < -0.4 is 0 Å². The first-order valence-corrected chi connectivity index (χ1v) is 8.70.